The molecule has 2 aromatic carbocycles. The van der Waals surface area contributed by atoms with Gasteiger partial charge in [-0.15, -0.1) is 0 Å². The summed E-state index contributed by atoms with van der Waals surface area (Å²) in [7, 11) is 0. The first-order chi connectivity index (χ1) is 12.5. The van der Waals surface area contributed by atoms with Crippen molar-refractivity contribution in [3.8, 4) is 0 Å². The van der Waals surface area contributed by atoms with Crippen molar-refractivity contribution in [3.63, 3.8) is 0 Å². The van der Waals surface area contributed by atoms with Crippen molar-refractivity contribution in [2.45, 2.75) is 13.5 Å². The average molecular weight is 354 g/mol. The van der Waals surface area contributed by atoms with Crippen LogP contribution in [-0.2, 0) is 6.54 Å². The maximum atomic E-state index is 13.3. The SMILES string of the molecule is Cc1cccc(CNC(=O)c2ccnc(Nc3ccc(F)c(F)c3)n2)c1. The Morgan fingerprint density at radius 2 is 1.92 bits per heavy atom. The van der Waals surface area contributed by atoms with Crippen LogP contribution in [0.3, 0.4) is 0 Å². The topological polar surface area (TPSA) is 66.9 Å². The molecular formula is C19H16F2N4O. The number of hydrogen-bond donors (Lipinski definition) is 2. The van der Waals surface area contributed by atoms with Crippen LogP contribution >= 0.6 is 0 Å². The molecule has 0 aliphatic carbocycles. The highest BCUT2D eigenvalue weighted by atomic mass is 19.2. The molecule has 0 saturated heterocycles. The zero-order valence-electron chi connectivity index (χ0n) is 14.0. The van der Waals surface area contributed by atoms with Crippen LogP contribution in [0.15, 0.2) is 54.7 Å². The molecule has 0 bridgehead atoms. The molecule has 5 nitrogen and oxygen atoms in total. The minimum Gasteiger partial charge on any atom is -0.347 e. The third-order valence-electron chi connectivity index (χ3n) is 3.60. The molecule has 0 saturated carbocycles. The first-order valence-corrected chi connectivity index (χ1v) is 7.90. The quantitative estimate of drug-likeness (QED) is 0.733. The van der Waals surface area contributed by atoms with E-state index in [2.05, 4.69) is 20.6 Å². The summed E-state index contributed by atoms with van der Waals surface area (Å²) < 4.78 is 26.2. The minimum absolute atomic E-state index is 0.110. The Morgan fingerprint density at radius 1 is 1.08 bits per heavy atom. The van der Waals surface area contributed by atoms with Gasteiger partial charge in [-0.1, -0.05) is 29.8 Å². The highest BCUT2D eigenvalue weighted by molar-refractivity contribution is 5.92. The molecule has 0 aliphatic heterocycles. The largest absolute Gasteiger partial charge is 0.347 e. The van der Waals surface area contributed by atoms with E-state index in [1.807, 2.05) is 31.2 Å². The van der Waals surface area contributed by atoms with Crippen LogP contribution in [-0.4, -0.2) is 15.9 Å². The van der Waals surface area contributed by atoms with E-state index in [0.717, 1.165) is 23.3 Å². The second-order valence-corrected chi connectivity index (χ2v) is 5.69. The molecule has 3 rings (SSSR count). The third-order valence-corrected chi connectivity index (χ3v) is 3.60. The number of carbonyl (C=O) groups excluding carboxylic acids is 1. The molecule has 0 spiro atoms. The lowest BCUT2D eigenvalue weighted by Gasteiger charge is -2.08. The summed E-state index contributed by atoms with van der Waals surface area (Å²) in [6, 6.07) is 12.6. The Kier molecular flexibility index (Phi) is 5.17. The lowest BCUT2D eigenvalue weighted by atomic mass is 10.1. The van der Waals surface area contributed by atoms with Crippen molar-refractivity contribution >= 4 is 17.5 Å². The predicted molar refractivity (Wildman–Crippen MR) is 94.0 cm³/mol. The first-order valence-electron chi connectivity index (χ1n) is 7.90. The van der Waals surface area contributed by atoms with E-state index < -0.39 is 11.6 Å². The van der Waals surface area contributed by atoms with Gasteiger partial charge in [-0.2, -0.15) is 0 Å². The monoisotopic (exact) mass is 354 g/mol. The van der Waals surface area contributed by atoms with Gasteiger partial charge in [0, 0.05) is 24.5 Å². The van der Waals surface area contributed by atoms with Gasteiger partial charge in [-0.25, -0.2) is 18.7 Å². The van der Waals surface area contributed by atoms with E-state index >= 15 is 0 Å². The second kappa shape index (κ2) is 7.69. The van der Waals surface area contributed by atoms with Gasteiger partial charge in [0.2, 0.25) is 5.95 Å². The molecule has 132 valence electrons. The highest BCUT2D eigenvalue weighted by Gasteiger charge is 2.10. The average Bonchev–Trinajstić information content (AvgIpc) is 2.63. The van der Waals surface area contributed by atoms with Crippen molar-refractivity contribution in [2.24, 2.45) is 0 Å². The van der Waals surface area contributed by atoms with Crippen LogP contribution < -0.4 is 10.6 Å². The van der Waals surface area contributed by atoms with Gasteiger partial charge >= 0.3 is 0 Å². The molecular weight excluding hydrogens is 338 g/mol. The third kappa shape index (κ3) is 4.38. The molecule has 1 heterocycles. The molecule has 0 radical (unpaired) electrons. The van der Waals surface area contributed by atoms with E-state index in [4.69, 9.17) is 0 Å². The van der Waals surface area contributed by atoms with Gasteiger partial charge < -0.3 is 10.6 Å². The molecule has 0 fully saturated rings. The van der Waals surface area contributed by atoms with Crippen LogP contribution in [0.1, 0.15) is 21.6 Å². The van der Waals surface area contributed by atoms with E-state index in [1.54, 1.807) is 0 Å². The van der Waals surface area contributed by atoms with E-state index in [-0.39, 0.29) is 23.2 Å². The fraction of sp³-hybridized carbons (Fsp3) is 0.105. The Morgan fingerprint density at radius 3 is 2.69 bits per heavy atom. The summed E-state index contributed by atoms with van der Waals surface area (Å²) in [6.07, 6.45) is 1.41. The molecule has 0 aliphatic rings. The summed E-state index contributed by atoms with van der Waals surface area (Å²) in [4.78, 5) is 20.3. The zero-order valence-corrected chi connectivity index (χ0v) is 14.0. The summed E-state index contributed by atoms with van der Waals surface area (Å²) >= 11 is 0. The molecule has 26 heavy (non-hydrogen) atoms. The normalized spacial score (nSPS) is 10.4. The van der Waals surface area contributed by atoms with Crippen LogP contribution in [0.4, 0.5) is 20.4 Å². The van der Waals surface area contributed by atoms with Gasteiger partial charge in [0.1, 0.15) is 5.69 Å². The molecule has 0 atom stereocenters. The maximum absolute atomic E-state index is 13.3. The molecule has 1 aromatic heterocycles. The lowest BCUT2D eigenvalue weighted by molar-refractivity contribution is 0.0946. The molecule has 3 aromatic rings. The van der Waals surface area contributed by atoms with Gasteiger partial charge in [0.05, 0.1) is 0 Å². The fourth-order valence-corrected chi connectivity index (χ4v) is 2.34. The summed E-state index contributed by atoms with van der Waals surface area (Å²) in [5, 5.41) is 5.52. The van der Waals surface area contributed by atoms with Crippen molar-refractivity contribution in [1.82, 2.24) is 15.3 Å². The Labute approximate surface area is 149 Å². The number of rotatable bonds is 5. The van der Waals surface area contributed by atoms with Crippen LogP contribution in [0.25, 0.3) is 0 Å². The lowest BCUT2D eigenvalue weighted by Crippen LogP contribution is -2.24. The number of aryl methyl sites for hydroxylation is 1. The highest BCUT2D eigenvalue weighted by Crippen LogP contribution is 2.16. The standard InChI is InChI=1S/C19H16F2N4O/c1-12-3-2-4-13(9-12)11-23-18(26)17-7-8-22-19(25-17)24-14-5-6-15(20)16(21)10-14/h2-10H,11H2,1H3,(H,23,26)(H,22,24,25). The van der Waals surface area contributed by atoms with E-state index in [1.165, 1.54) is 18.3 Å². The first kappa shape index (κ1) is 17.5. The number of carbonyl (C=O) groups is 1. The second-order valence-electron chi connectivity index (χ2n) is 5.69. The summed E-state index contributed by atoms with van der Waals surface area (Å²) in [5.74, 6) is -2.18. The summed E-state index contributed by atoms with van der Waals surface area (Å²) in [5.41, 5.74) is 2.53. The van der Waals surface area contributed by atoms with Gasteiger partial charge in [-0.3, -0.25) is 4.79 Å². The van der Waals surface area contributed by atoms with Gasteiger partial charge in [0.15, 0.2) is 11.6 Å². The molecule has 1 amide bonds. The zero-order chi connectivity index (χ0) is 18.5. The number of benzene rings is 2. The van der Waals surface area contributed by atoms with E-state index in [9.17, 15) is 13.6 Å². The Bertz CT molecular complexity index is 946. The number of nitrogens with zero attached hydrogens (tertiary/aromatic N) is 2. The van der Waals surface area contributed by atoms with E-state index in [0.29, 0.717) is 6.54 Å². The van der Waals surface area contributed by atoms with Gasteiger partial charge in [0.25, 0.3) is 5.91 Å². The van der Waals surface area contributed by atoms with Crippen LogP contribution in [0, 0.1) is 18.6 Å². The number of hydrogen-bond acceptors (Lipinski definition) is 4. The number of nitrogens with one attached hydrogen (secondary N) is 2. The smallest absolute Gasteiger partial charge is 0.270 e. The van der Waals surface area contributed by atoms with Crippen LogP contribution in [0.5, 0.6) is 0 Å². The molecule has 7 heteroatoms. The van der Waals surface area contributed by atoms with Crippen molar-refractivity contribution in [3.05, 3.63) is 83.2 Å². The summed E-state index contributed by atoms with van der Waals surface area (Å²) in [6.45, 7) is 2.35. The maximum Gasteiger partial charge on any atom is 0.270 e. The van der Waals surface area contributed by atoms with Gasteiger partial charge in [-0.05, 0) is 30.7 Å². The number of halogens is 2. The Balaban J connectivity index is 1.67. The van der Waals surface area contributed by atoms with Crippen molar-refractivity contribution < 1.29 is 13.6 Å². The van der Waals surface area contributed by atoms with Crippen molar-refractivity contribution in [1.29, 1.82) is 0 Å². The predicted octanol–water partition coefficient (Wildman–Crippen LogP) is 3.74. The number of amides is 1. The number of anilines is 2. The van der Waals surface area contributed by atoms with Crippen LogP contribution in [0.2, 0.25) is 0 Å². The van der Waals surface area contributed by atoms with Crippen molar-refractivity contribution in [2.75, 3.05) is 5.32 Å². The molecule has 2 N–H and O–H groups in total. The number of aromatic nitrogens is 2. The molecule has 0 unspecified atom stereocenters. The Hall–Kier alpha value is -3.35. The fourth-order valence-electron chi connectivity index (χ4n) is 2.34. The minimum atomic E-state index is -0.984.